The van der Waals surface area contributed by atoms with Gasteiger partial charge in [-0.05, 0) is 44.0 Å². The van der Waals surface area contributed by atoms with Crippen LogP contribution in [-0.2, 0) is 10.2 Å². The maximum Gasteiger partial charge on any atom is 0.231 e. The normalized spacial score (nSPS) is 14.4. The average molecular weight is 311 g/mol. The Morgan fingerprint density at radius 2 is 1.78 bits per heavy atom. The van der Waals surface area contributed by atoms with Crippen LogP contribution in [0, 0.1) is 0 Å². The highest BCUT2D eigenvalue weighted by molar-refractivity contribution is 5.87. The summed E-state index contributed by atoms with van der Waals surface area (Å²) >= 11 is 0. The van der Waals surface area contributed by atoms with E-state index in [0.717, 1.165) is 16.9 Å². The lowest BCUT2D eigenvalue weighted by molar-refractivity contribution is -0.126. The number of carbonyl (C=O) groups excluding carboxylic acids is 1. The van der Waals surface area contributed by atoms with E-state index >= 15 is 0 Å². The molecule has 4 nitrogen and oxygen atoms in total. The third-order valence-corrected chi connectivity index (χ3v) is 4.31. The number of nitrogens with one attached hydrogen (secondary N) is 1. The highest BCUT2D eigenvalue weighted by Crippen LogP contribution is 2.36. The molecule has 0 radical (unpaired) electrons. The van der Waals surface area contributed by atoms with Crippen molar-refractivity contribution in [3.05, 3.63) is 59.7 Å². The summed E-state index contributed by atoms with van der Waals surface area (Å²) in [5.74, 6) is 1.40. The molecule has 1 atom stereocenters. The van der Waals surface area contributed by atoms with Gasteiger partial charge in [-0.3, -0.25) is 4.79 Å². The monoisotopic (exact) mass is 311 g/mol. The molecule has 1 unspecified atom stereocenters. The topological polar surface area (TPSA) is 47.6 Å². The van der Waals surface area contributed by atoms with Gasteiger partial charge in [-0.2, -0.15) is 0 Å². The molecule has 3 rings (SSSR count). The van der Waals surface area contributed by atoms with Gasteiger partial charge in [0.2, 0.25) is 12.7 Å². The van der Waals surface area contributed by atoms with Gasteiger partial charge in [-0.15, -0.1) is 0 Å². The van der Waals surface area contributed by atoms with Crippen molar-refractivity contribution >= 4 is 5.91 Å². The Morgan fingerprint density at radius 3 is 2.52 bits per heavy atom. The fraction of sp³-hybridized carbons (Fsp3) is 0.316. The fourth-order valence-corrected chi connectivity index (χ4v) is 2.62. The average Bonchev–Trinajstić information content (AvgIpc) is 3.03. The Balaban J connectivity index is 1.77. The molecule has 0 fully saturated rings. The summed E-state index contributed by atoms with van der Waals surface area (Å²) in [6.07, 6.45) is 0. The maximum absolute atomic E-state index is 12.8. The first-order chi connectivity index (χ1) is 11.0. The molecular formula is C19H21NO3. The first-order valence-corrected chi connectivity index (χ1v) is 7.74. The molecule has 120 valence electrons. The SMILES string of the molecule is CC(NC(=O)C(C)(C)c1ccc2c(c1)OCO2)c1ccccc1. The molecule has 0 aromatic heterocycles. The van der Waals surface area contributed by atoms with Gasteiger partial charge in [0.1, 0.15) is 0 Å². The number of hydrogen-bond donors (Lipinski definition) is 1. The molecule has 23 heavy (non-hydrogen) atoms. The Morgan fingerprint density at radius 1 is 1.09 bits per heavy atom. The lowest BCUT2D eigenvalue weighted by atomic mass is 9.83. The predicted molar refractivity (Wildman–Crippen MR) is 88.6 cm³/mol. The van der Waals surface area contributed by atoms with Gasteiger partial charge in [-0.25, -0.2) is 0 Å². The van der Waals surface area contributed by atoms with E-state index in [9.17, 15) is 4.79 Å². The smallest absolute Gasteiger partial charge is 0.231 e. The van der Waals surface area contributed by atoms with Crippen molar-refractivity contribution in [3.8, 4) is 11.5 Å². The number of rotatable bonds is 4. The molecule has 0 spiro atoms. The molecule has 1 amide bonds. The minimum absolute atomic E-state index is 0.0206. The molecular weight excluding hydrogens is 290 g/mol. The van der Waals surface area contributed by atoms with E-state index in [1.165, 1.54) is 0 Å². The van der Waals surface area contributed by atoms with E-state index in [1.54, 1.807) is 0 Å². The van der Waals surface area contributed by atoms with Gasteiger partial charge < -0.3 is 14.8 Å². The lowest BCUT2D eigenvalue weighted by Crippen LogP contribution is -2.41. The van der Waals surface area contributed by atoms with Crippen molar-refractivity contribution in [3.63, 3.8) is 0 Å². The summed E-state index contributed by atoms with van der Waals surface area (Å²) in [7, 11) is 0. The summed E-state index contributed by atoms with van der Waals surface area (Å²) in [4.78, 5) is 12.8. The molecule has 4 heteroatoms. The largest absolute Gasteiger partial charge is 0.454 e. The van der Waals surface area contributed by atoms with E-state index < -0.39 is 5.41 Å². The van der Waals surface area contributed by atoms with Crippen molar-refractivity contribution < 1.29 is 14.3 Å². The van der Waals surface area contributed by atoms with Gasteiger partial charge in [0.15, 0.2) is 11.5 Å². The van der Waals surface area contributed by atoms with Gasteiger partial charge in [0.25, 0.3) is 0 Å². The van der Waals surface area contributed by atoms with Gasteiger partial charge in [0.05, 0.1) is 11.5 Å². The number of carbonyl (C=O) groups is 1. The van der Waals surface area contributed by atoms with Gasteiger partial charge in [0, 0.05) is 0 Å². The highest BCUT2D eigenvalue weighted by atomic mass is 16.7. The number of benzene rings is 2. The lowest BCUT2D eigenvalue weighted by Gasteiger charge is -2.27. The second-order valence-electron chi connectivity index (χ2n) is 6.30. The summed E-state index contributed by atoms with van der Waals surface area (Å²) in [5.41, 5.74) is 1.33. The van der Waals surface area contributed by atoms with E-state index in [2.05, 4.69) is 5.32 Å². The first-order valence-electron chi connectivity index (χ1n) is 7.74. The Kier molecular flexibility index (Phi) is 3.99. The van der Waals surface area contributed by atoms with Crippen LogP contribution in [0.4, 0.5) is 0 Å². The number of amides is 1. The van der Waals surface area contributed by atoms with Crippen LogP contribution in [0.3, 0.4) is 0 Å². The summed E-state index contributed by atoms with van der Waals surface area (Å²) in [6, 6.07) is 15.5. The molecule has 1 aliphatic heterocycles. The summed E-state index contributed by atoms with van der Waals surface area (Å²) < 4.78 is 10.7. The maximum atomic E-state index is 12.8. The highest BCUT2D eigenvalue weighted by Gasteiger charge is 2.32. The first kappa shape index (κ1) is 15.4. The van der Waals surface area contributed by atoms with Crippen LogP contribution >= 0.6 is 0 Å². The van der Waals surface area contributed by atoms with Crippen molar-refractivity contribution in [2.24, 2.45) is 0 Å². The molecule has 1 aliphatic rings. The zero-order valence-corrected chi connectivity index (χ0v) is 13.6. The van der Waals surface area contributed by atoms with Crippen molar-refractivity contribution in [1.82, 2.24) is 5.32 Å². The second-order valence-corrected chi connectivity index (χ2v) is 6.30. The summed E-state index contributed by atoms with van der Waals surface area (Å²) in [5, 5.41) is 3.09. The molecule has 0 aliphatic carbocycles. The van der Waals surface area contributed by atoms with Crippen LogP contribution in [0.5, 0.6) is 11.5 Å². The van der Waals surface area contributed by atoms with Crippen LogP contribution in [0.2, 0.25) is 0 Å². The van der Waals surface area contributed by atoms with Crippen LogP contribution in [-0.4, -0.2) is 12.7 Å². The van der Waals surface area contributed by atoms with Crippen LogP contribution in [0.25, 0.3) is 0 Å². The van der Waals surface area contributed by atoms with E-state index in [4.69, 9.17) is 9.47 Å². The molecule has 1 N–H and O–H groups in total. The fourth-order valence-electron chi connectivity index (χ4n) is 2.62. The number of hydrogen-bond acceptors (Lipinski definition) is 3. The van der Waals surface area contributed by atoms with E-state index in [-0.39, 0.29) is 18.7 Å². The second kappa shape index (κ2) is 5.95. The van der Waals surface area contributed by atoms with E-state index in [0.29, 0.717) is 5.75 Å². The van der Waals surface area contributed by atoms with Gasteiger partial charge >= 0.3 is 0 Å². The quantitative estimate of drug-likeness (QED) is 0.939. The Hall–Kier alpha value is -2.49. The third-order valence-electron chi connectivity index (χ3n) is 4.31. The van der Waals surface area contributed by atoms with Crippen LogP contribution < -0.4 is 14.8 Å². The third kappa shape index (κ3) is 3.02. The minimum Gasteiger partial charge on any atom is -0.454 e. The van der Waals surface area contributed by atoms with Crippen molar-refractivity contribution in [1.29, 1.82) is 0 Å². The summed E-state index contributed by atoms with van der Waals surface area (Å²) in [6.45, 7) is 6.05. The molecule has 2 aromatic carbocycles. The zero-order chi connectivity index (χ0) is 16.4. The zero-order valence-electron chi connectivity index (χ0n) is 13.6. The van der Waals surface area contributed by atoms with Crippen LogP contribution in [0.1, 0.15) is 37.9 Å². The van der Waals surface area contributed by atoms with Crippen LogP contribution in [0.15, 0.2) is 48.5 Å². The molecule has 1 heterocycles. The van der Waals surface area contributed by atoms with Crippen molar-refractivity contribution in [2.45, 2.75) is 32.2 Å². The molecule has 0 saturated carbocycles. The van der Waals surface area contributed by atoms with Crippen molar-refractivity contribution in [2.75, 3.05) is 6.79 Å². The predicted octanol–water partition coefficient (Wildman–Crippen LogP) is 3.57. The minimum atomic E-state index is -0.663. The number of fused-ring (bicyclic) bond motifs is 1. The molecule has 2 aromatic rings. The Bertz CT molecular complexity index is 710. The van der Waals surface area contributed by atoms with Gasteiger partial charge in [-0.1, -0.05) is 36.4 Å². The Labute approximate surface area is 136 Å². The molecule has 0 bridgehead atoms. The molecule has 0 saturated heterocycles. The number of ether oxygens (including phenoxy) is 2. The standard InChI is InChI=1S/C19H21NO3/c1-13(14-7-5-4-6-8-14)20-18(21)19(2,3)15-9-10-16-17(11-15)23-12-22-16/h4-11,13H,12H2,1-3H3,(H,20,21). The van der Waals surface area contributed by atoms with E-state index in [1.807, 2.05) is 69.3 Å².